The highest BCUT2D eigenvalue weighted by Gasteiger charge is 2.04. The number of hydrogen-bond donors (Lipinski definition) is 0. The lowest BCUT2D eigenvalue weighted by Crippen LogP contribution is -1.97. The van der Waals surface area contributed by atoms with Gasteiger partial charge in [-0.15, -0.1) is 0 Å². The minimum atomic E-state index is 0.504. The molecule has 0 heterocycles. The number of para-hydroxylation sites is 1. The first-order chi connectivity index (χ1) is 8.83. The lowest BCUT2D eigenvalue weighted by molar-refractivity contribution is 0.304. The molecule has 0 saturated heterocycles. The molecular weight excluding hydrogens is 228 g/mol. The molecule has 0 aromatic heterocycles. The standard InChI is InChI=1S/C15H16O3/c1-16-14-9-8-12(10-15(14)17-2)11-18-13-6-4-3-5-7-13/h3-10H,11H2,1-2H3. The molecule has 0 unspecified atom stereocenters. The van der Waals surface area contributed by atoms with Crippen molar-refractivity contribution in [2.75, 3.05) is 14.2 Å². The third-order valence-electron chi connectivity index (χ3n) is 2.60. The first-order valence-electron chi connectivity index (χ1n) is 5.72. The molecule has 0 amide bonds. The Bertz CT molecular complexity index is 494. The molecule has 0 aliphatic heterocycles. The van der Waals surface area contributed by atoms with Crippen LogP contribution in [0.5, 0.6) is 17.2 Å². The van der Waals surface area contributed by atoms with Gasteiger partial charge in [0, 0.05) is 0 Å². The lowest BCUT2D eigenvalue weighted by Gasteiger charge is -2.10. The van der Waals surface area contributed by atoms with Crippen LogP contribution in [-0.2, 0) is 6.61 Å². The average Bonchev–Trinajstić information content (AvgIpc) is 2.45. The van der Waals surface area contributed by atoms with Crippen LogP contribution in [-0.4, -0.2) is 14.2 Å². The van der Waals surface area contributed by atoms with Crippen LogP contribution in [0.1, 0.15) is 5.56 Å². The number of rotatable bonds is 5. The smallest absolute Gasteiger partial charge is 0.161 e. The summed E-state index contributed by atoms with van der Waals surface area (Å²) in [6.45, 7) is 0.504. The van der Waals surface area contributed by atoms with Crippen molar-refractivity contribution in [2.24, 2.45) is 0 Å². The summed E-state index contributed by atoms with van der Waals surface area (Å²) in [7, 11) is 3.25. The minimum Gasteiger partial charge on any atom is -0.493 e. The largest absolute Gasteiger partial charge is 0.493 e. The summed E-state index contributed by atoms with van der Waals surface area (Å²) in [4.78, 5) is 0. The van der Waals surface area contributed by atoms with E-state index in [9.17, 15) is 0 Å². The highest BCUT2D eigenvalue weighted by atomic mass is 16.5. The predicted molar refractivity (Wildman–Crippen MR) is 70.3 cm³/mol. The van der Waals surface area contributed by atoms with Crippen LogP contribution in [0, 0.1) is 0 Å². The van der Waals surface area contributed by atoms with E-state index in [2.05, 4.69) is 0 Å². The van der Waals surface area contributed by atoms with Crippen molar-refractivity contribution in [1.82, 2.24) is 0 Å². The summed E-state index contributed by atoms with van der Waals surface area (Å²) < 4.78 is 16.1. The normalized spacial score (nSPS) is 9.89. The van der Waals surface area contributed by atoms with E-state index in [1.54, 1.807) is 14.2 Å². The van der Waals surface area contributed by atoms with Crippen LogP contribution in [0.3, 0.4) is 0 Å². The molecule has 2 aromatic carbocycles. The Balaban J connectivity index is 2.06. The summed E-state index contributed by atoms with van der Waals surface area (Å²) in [5.41, 5.74) is 1.04. The molecular formula is C15H16O3. The van der Waals surface area contributed by atoms with Crippen molar-refractivity contribution >= 4 is 0 Å². The third kappa shape index (κ3) is 2.94. The summed E-state index contributed by atoms with van der Waals surface area (Å²) in [6, 6.07) is 15.5. The Hall–Kier alpha value is -2.16. The highest BCUT2D eigenvalue weighted by molar-refractivity contribution is 5.42. The van der Waals surface area contributed by atoms with E-state index < -0.39 is 0 Å². The van der Waals surface area contributed by atoms with Crippen LogP contribution in [0.4, 0.5) is 0 Å². The fourth-order valence-corrected chi connectivity index (χ4v) is 1.65. The molecule has 3 nitrogen and oxygen atoms in total. The van der Waals surface area contributed by atoms with Gasteiger partial charge in [-0.3, -0.25) is 0 Å². The Kier molecular flexibility index (Phi) is 4.07. The SMILES string of the molecule is COc1ccc(COc2ccccc2)cc1OC. The first-order valence-corrected chi connectivity index (χ1v) is 5.72. The number of benzene rings is 2. The zero-order valence-electron chi connectivity index (χ0n) is 10.6. The molecule has 3 heteroatoms. The van der Waals surface area contributed by atoms with E-state index in [1.165, 1.54) is 0 Å². The van der Waals surface area contributed by atoms with Crippen LogP contribution >= 0.6 is 0 Å². The summed E-state index contributed by atoms with van der Waals surface area (Å²) >= 11 is 0. The van der Waals surface area contributed by atoms with E-state index in [0.29, 0.717) is 12.4 Å². The molecule has 2 rings (SSSR count). The van der Waals surface area contributed by atoms with Crippen molar-refractivity contribution in [3.05, 3.63) is 54.1 Å². The Morgan fingerprint density at radius 3 is 2.22 bits per heavy atom. The van der Waals surface area contributed by atoms with Gasteiger partial charge in [-0.25, -0.2) is 0 Å². The molecule has 18 heavy (non-hydrogen) atoms. The van der Waals surface area contributed by atoms with E-state index in [1.807, 2.05) is 48.5 Å². The average molecular weight is 244 g/mol. The molecule has 0 aliphatic carbocycles. The van der Waals surface area contributed by atoms with Crippen molar-refractivity contribution in [2.45, 2.75) is 6.61 Å². The number of ether oxygens (including phenoxy) is 3. The fourth-order valence-electron chi connectivity index (χ4n) is 1.65. The van der Waals surface area contributed by atoms with Gasteiger partial charge in [0.1, 0.15) is 12.4 Å². The minimum absolute atomic E-state index is 0.504. The highest BCUT2D eigenvalue weighted by Crippen LogP contribution is 2.27. The van der Waals surface area contributed by atoms with E-state index >= 15 is 0 Å². The summed E-state index contributed by atoms with van der Waals surface area (Å²) in [6.07, 6.45) is 0. The van der Waals surface area contributed by atoms with Gasteiger partial charge in [0.15, 0.2) is 11.5 Å². The van der Waals surface area contributed by atoms with Crippen LogP contribution in [0.2, 0.25) is 0 Å². The molecule has 0 bridgehead atoms. The Morgan fingerprint density at radius 2 is 1.56 bits per heavy atom. The molecule has 2 aromatic rings. The van der Waals surface area contributed by atoms with Gasteiger partial charge in [0.2, 0.25) is 0 Å². The topological polar surface area (TPSA) is 27.7 Å². The maximum Gasteiger partial charge on any atom is 0.161 e. The zero-order valence-corrected chi connectivity index (χ0v) is 10.6. The molecule has 0 spiro atoms. The summed E-state index contributed by atoms with van der Waals surface area (Å²) in [5, 5.41) is 0. The monoisotopic (exact) mass is 244 g/mol. The van der Waals surface area contributed by atoms with Gasteiger partial charge in [-0.05, 0) is 29.8 Å². The number of hydrogen-bond acceptors (Lipinski definition) is 3. The molecule has 0 saturated carbocycles. The number of methoxy groups -OCH3 is 2. The quantitative estimate of drug-likeness (QED) is 0.807. The second kappa shape index (κ2) is 5.96. The zero-order chi connectivity index (χ0) is 12.8. The van der Waals surface area contributed by atoms with Gasteiger partial charge in [0.05, 0.1) is 14.2 Å². The van der Waals surface area contributed by atoms with Gasteiger partial charge >= 0.3 is 0 Å². The molecule has 0 radical (unpaired) electrons. The van der Waals surface area contributed by atoms with E-state index in [-0.39, 0.29) is 0 Å². The van der Waals surface area contributed by atoms with Crippen LogP contribution in [0.15, 0.2) is 48.5 Å². The van der Waals surface area contributed by atoms with Gasteiger partial charge in [0.25, 0.3) is 0 Å². The maximum absolute atomic E-state index is 5.67. The molecule has 0 fully saturated rings. The predicted octanol–water partition coefficient (Wildman–Crippen LogP) is 3.28. The third-order valence-corrected chi connectivity index (χ3v) is 2.60. The molecule has 0 aliphatic rings. The van der Waals surface area contributed by atoms with Crippen LogP contribution < -0.4 is 14.2 Å². The van der Waals surface area contributed by atoms with Crippen molar-refractivity contribution in [3.63, 3.8) is 0 Å². The Morgan fingerprint density at radius 1 is 0.833 bits per heavy atom. The molecule has 0 atom stereocenters. The summed E-state index contributed by atoms with van der Waals surface area (Å²) in [5.74, 6) is 2.29. The van der Waals surface area contributed by atoms with Crippen molar-refractivity contribution in [1.29, 1.82) is 0 Å². The van der Waals surface area contributed by atoms with Gasteiger partial charge in [-0.2, -0.15) is 0 Å². The van der Waals surface area contributed by atoms with Gasteiger partial charge in [-0.1, -0.05) is 24.3 Å². The van der Waals surface area contributed by atoms with Crippen molar-refractivity contribution in [3.8, 4) is 17.2 Å². The molecule has 0 N–H and O–H groups in total. The lowest BCUT2D eigenvalue weighted by atomic mass is 10.2. The fraction of sp³-hybridized carbons (Fsp3) is 0.200. The van der Waals surface area contributed by atoms with Gasteiger partial charge < -0.3 is 14.2 Å². The first kappa shape index (κ1) is 12.3. The van der Waals surface area contributed by atoms with Crippen molar-refractivity contribution < 1.29 is 14.2 Å². The van der Waals surface area contributed by atoms with Crippen LogP contribution in [0.25, 0.3) is 0 Å². The Labute approximate surface area is 107 Å². The second-order valence-electron chi connectivity index (χ2n) is 3.79. The molecule has 94 valence electrons. The maximum atomic E-state index is 5.67. The van der Waals surface area contributed by atoms with E-state index in [0.717, 1.165) is 17.1 Å². The second-order valence-corrected chi connectivity index (χ2v) is 3.79. The van der Waals surface area contributed by atoms with E-state index in [4.69, 9.17) is 14.2 Å².